The van der Waals surface area contributed by atoms with Gasteiger partial charge in [-0.15, -0.1) is 0 Å². The molecular formula is C28H28N2O2. The maximum absolute atomic E-state index is 13.3. The maximum atomic E-state index is 13.3. The topological polar surface area (TPSA) is 49.4 Å². The number of nitrogens with one attached hydrogen (secondary N) is 1. The fraction of sp³-hybridized carbons (Fsp3) is 0.214. The minimum atomic E-state index is -0.287. The Bertz CT molecular complexity index is 1140. The predicted octanol–water partition coefficient (Wildman–Crippen LogP) is 5.42. The predicted molar refractivity (Wildman–Crippen MR) is 129 cm³/mol. The molecule has 3 aromatic carbocycles. The van der Waals surface area contributed by atoms with Gasteiger partial charge in [-0.2, -0.15) is 0 Å². The summed E-state index contributed by atoms with van der Waals surface area (Å²) in [7, 11) is 0. The van der Waals surface area contributed by atoms with Crippen molar-refractivity contribution in [2.75, 3.05) is 11.9 Å². The smallest absolute Gasteiger partial charge is 0.278 e. The number of rotatable bonds is 6. The van der Waals surface area contributed by atoms with Crippen molar-refractivity contribution < 1.29 is 9.59 Å². The molecule has 0 spiro atoms. The van der Waals surface area contributed by atoms with Crippen LogP contribution in [0.4, 0.5) is 5.69 Å². The Morgan fingerprint density at radius 3 is 1.94 bits per heavy atom. The lowest BCUT2D eigenvalue weighted by molar-refractivity contribution is -0.136. The number of benzene rings is 3. The molecule has 0 atom stereocenters. The van der Waals surface area contributed by atoms with E-state index < -0.39 is 0 Å². The molecule has 0 fully saturated rings. The number of nitrogens with zero attached hydrogens (tertiary/aromatic N) is 1. The van der Waals surface area contributed by atoms with Gasteiger partial charge in [-0.05, 0) is 40.7 Å². The average molecular weight is 425 g/mol. The van der Waals surface area contributed by atoms with E-state index in [2.05, 4.69) is 38.2 Å². The Hall–Kier alpha value is -3.66. The van der Waals surface area contributed by atoms with Crippen LogP contribution in [0.5, 0.6) is 0 Å². The summed E-state index contributed by atoms with van der Waals surface area (Å²) in [4.78, 5) is 28.0. The summed E-state index contributed by atoms with van der Waals surface area (Å²) in [6.45, 7) is 6.83. The zero-order valence-electron chi connectivity index (χ0n) is 18.8. The zero-order valence-corrected chi connectivity index (χ0v) is 18.8. The molecule has 2 amide bonds. The van der Waals surface area contributed by atoms with E-state index in [-0.39, 0.29) is 17.2 Å². The van der Waals surface area contributed by atoms with E-state index in [9.17, 15) is 9.59 Å². The van der Waals surface area contributed by atoms with Gasteiger partial charge in [-0.25, -0.2) is 0 Å². The number of imide groups is 1. The zero-order chi connectivity index (χ0) is 22.7. The van der Waals surface area contributed by atoms with Crippen molar-refractivity contribution in [1.29, 1.82) is 0 Å². The third-order valence-corrected chi connectivity index (χ3v) is 5.72. The van der Waals surface area contributed by atoms with Crippen LogP contribution in [0, 0.1) is 0 Å². The highest BCUT2D eigenvalue weighted by molar-refractivity contribution is 6.36. The highest BCUT2D eigenvalue weighted by atomic mass is 16.2. The second-order valence-electron chi connectivity index (χ2n) is 9.07. The van der Waals surface area contributed by atoms with E-state index in [4.69, 9.17) is 0 Å². The summed E-state index contributed by atoms with van der Waals surface area (Å²) >= 11 is 0. The first-order chi connectivity index (χ1) is 15.3. The molecule has 0 bridgehead atoms. The molecule has 4 nitrogen and oxygen atoms in total. The molecule has 4 heteroatoms. The van der Waals surface area contributed by atoms with Gasteiger partial charge in [0, 0.05) is 12.2 Å². The lowest BCUT2D eigenvalue weighted by atomic mass is 9.87. The molecule has 4 rings (SSSR count). The van der Waals surface area contributed by atoms with Gasteiger partial charge in [-0.3, -0.25) is 14.5 Å². The number of amides is 2. The van der Waals surface area contributed by atoms with Crippen molar-refractivity contribution in [3.8, 4) is 0 Å². The Kier molecular flexibility index (Phi) is 5.95. The van der Waals surface area contributed by atoms with Gasteiger partial charge in [0.25, 0.3) is 11.8 Å². The number of hydrogen-bond acceptors (Lipinski definition) is 3. The number of hydrogen-bond donors (Lipinski definition) is 1. The fourth-order valence-corrected chi connectivity index (χ4v) is 3.85. The summed E-state index contributed by atoms with van der Waals surface area (Å²) in [5.74, 6) is -0.546. The number of anilines is 1. The van der Waals surface area contributed by atoms with Crippen LogP contribution in [0.1, 0.15) is 37.5 Å². The van der Waals surface area contributed by atoms with Crippen molar-refractivity contribution in [3.05, 3.63) is 107 Å². The van der Waals surface area contributed by atoms with Crippen LogP contribution in [0.3, 0.4) is 0 Å². The molecule has 0 aromatic heterocycles. The van der Waals surface area contributed by atoms with E-state index in [1.165, 1.54) is 10.5 Å². The molecule has 3 aromatic rings. The second-order valence-corrected chi connectivity index (χ2v) is 9.07. The molecule has 0 radical (unpaired) electrons. The summed E-state index contributed by atoms with van der Waals surface area (Å²) in [5.41, 5.74) is 4.61. The van der Waals surface area contributed by atoms with E-state index in [1.807, 2.05) is 72.8 Å². The number of carbonyl (C=O) groups excluding carboxylic acids is 2. The first-order valence-electron chi connectivity index (χ1n) is 10.9. The van der Waals surface area contributed by atoms with Crippen molar-refractivity contribution in [1.82, 2.24) is 4.90 Å². The minimum absolute atomic E-state index is 0.0420. The molecule has 0 unspecified atom stereocenters. The van der Waals surface area contributed by atoms with Crippen molar-refractivity contribution in [2.24, 2.45) is 0 Å². The minimum Gasteiger partial charge on any atom is -0.350 e. The molecular weight excluding hydrogens is 396 g/mol. The summed E-state index contributed by atoms with van der Waals surface area (Å²) in [6.07, 6.45) is 0.619. The molecule has 1 aliphatic heterocycles. The normalized spacial score (nSPS) is 14.3. The molecule has 1 aliphatic rings. The first kappa shape index (κ1) is 21.6. The average Bonchev–Trinajstić information content (AvgIpc) is 3.02. The van der Waals surface area contributed by atoms with Gasteiger partial charge >= 0.3 is 0 Å². The monoisotopic (exact) mass is 424 g/mol. The molecule has 1 N–H and O–H groups in total. The van der Waals surface area contributed by atoms with Crippen LogP contribution in [-0.2, 0) is 21.4 Å². The molecule has 0 saturated heterocycles. The van der Waals surface area contributed by atoms with E-state index in [1.54, 1.807) is 0 Å². The van der Waals surface area contributed by atoms with E-state index >= 15 is 0 Å². The third-order valence-electron chi connectivity index (χ3n) is 5.72. The SMILES string of the molecule is CC(C)(C)c1ccc(NC2=C(c3ccccc3)C(=O)N(CCc3ccccc3)C2=O)cc1. The van der Waals surface area contributed by atoms with Gasteiger partial charge in [0.15, 0.2) is 0 Å². The van der Waals surface area contributed by atoms with Gasteiger partial charge in [0.05, 0.1) is 5.57 Å². The summed E-state index contributed by atoms with van der Waals surface area (Å²) in [6, 6.07) is 27.3. The lowest BCUT2D eigenvalue weighted by Crippen LogP contribution is -2.34. The molecule has 1 heterocycles. The Labute approximate surface area is 189 Å². The van der Waals surface area contributed by atoms with Crippen molar-refractivity contribution in [3.63, 3.8) is 0 Å². The largest absolute Gasteiger partial charge is 0.350 e. The van der Waals surface area contributed by atoms with Crippen LogP contribution in [0.15, 0.2) is 90.6 Å². The molecule has 0 saturated carbocycles. The van der Waals surface area contributed by atoms with Crippen LogP contribution in [0.25, 0.3) is 5.57 Å². The Balaban J connectivity index is 1.63. The highest BCUT2D eigenvalue weighted by Gasteiger charge is 2.38. The van der Waals surface area contributed by atoms with E-state index in [0.717, 1.165) is 16.8 Å². The van der Waals surface area contributed by atoms with Crippen molar-refractivity contribution in [2.45, 2.75) is 32.6 Å². The third kappa shape index (κ3) is 4.50. The first-order valence-corrected chi connectivity index (χ1v) is 10.9. The highest BCUT2D eigenvalue weighted by Crippen LogP contribution is 2.31. The Morgan fingerprint density at radius 1 is 0.750 bits per heavy atom. The van der Waals surface area contributed by atoms with Gasteiger partial charge in [0.1, 0.15) is 5.70 Å². The Morgan fingerprint density at radius 2 is 1.34 bits per heavy atom. The van der Waals surface area contributed by atoms with Gasteiger partial charge in [0.2, 0.25) is 0 Å². The van der Waals surface area contributed by atoms with E-state index in [0.29, 0.717) is 24.2 Å². The van der Waals surface area contributed by atoms with Gasteiger partial charge < -0.3 is 5.32 Å². The van der Waals surface area contributed by atoms with Crippen LogP contribution < -0.4 is 5.32 Å². The van der Waals surface area contributed by atoms with Crippen LogP contribution in [-0.4, -0.2) is 23.3 Å². The molecule has 32 heavy (non-hydrogen) atoms. The van der Waals surface area contributed by atoms with Crippen LogP contribution in [0.2, 0.25) is 0 Å². The molecule has 0 aliphatic carbocycles. The number of carbonyl (C=O) groups is 2. The van der Waals surface area contributed by atoms with Gasteiger partial charge in [-0.1, -0.05) is 93.6 Å². The fourth-order valence-electron chi connectivity index (χ4n) is 3.85. The molecule has 162 valence electrons. The maximum Gasteiger partial charge on any atom is 0.278 e. The second kappa shape index (κ2) is 8.83. The van der Waals surface area contributed by atoms with Crippen LogP contribution >= 0.6 is 0 Å². The summed E-state index contributed by atoms with van der Waals surface area (Å²) in [5, 5.41) is 3.24. The quantitative estimate of drug-likeness (QED) is 0.538. The standard InChI is InChI=1S/C28H28N2O2/c1-28(2,3)22-14-16-23(17-15-22)29-25-24(21-12-8-5-9-13-21)26(31)30(27(25)32)19-18-20-10-6-4-7-11-20/h4-17,29H,18-19H2,1-3H3. The van der Waals surface area contributed by atoms with Crippen molar-refractivity contribution >= 4 is 23.1 Å². The summed E-state index contributed by atoms with van der Waals surface area (Å²) < 4.78 is 0. The lowest BCUT2D eigenvalue weighted by Gasteiger charge is -2.19.